The van der Waals surface area contributed by atoms with Crippen molar-refractivity contribution in [2.45, 2.75) is 13.2 Å². The van der Waals surface area contributed by atoms with E-state index in [9.17, 15) is 4.79 Å². The van der Waals surface area contributed by atoms with Crippen LogP contribution in [0.3, 0.4) is 0 Å². The summed E-state index contributed by atoms with van der Waals surface area (Å²) in [6.07, 6.45) is 3.84. The molecule has 0 unspecified atom stereocenters. The highest BCUT2D eigenvalue weighted by Gasteiger charge is 2.12. The first-order chi connectivity index (χ1) is 12.6. The predicted octanol–water partition coefficient (Wildman–Crippen LogP) is 3.50. The minimum atomic E-state index is 0.0715. The third kappa shape index (κ3) is 4.70. The van der Waals surface area contributed by atoms with E-state index in [1.807, 2.05) is 103 Å². The van der Waals surface area contributed by atoms with Crippen LogP contribution in [0.1, 0.15) is 15.9 Å². The molecule has 0 aliphatic carbocycles. The highest BCUT2D eigenvalue weighted by Crippen LogP contribution is 2.15. The van der Waals surface area contributed by atoms with Gasteiger partial charge in [0, 0.05) is 37.5 Å². The number of ether oxygens (including phenoxy) is 1. The number of benzene rings is 2. The summed E-state index contributed by atoms with van der Waals surface area (Å²) in [5, 5.41) is 0. The molecule has 0 amide bonds. The molecule has 4 heteroatoms. The molecule has 0 aliphatic rings. The molecular weight excluding hydrogens is 324 g/mol. The van der Waals surface area contributed by atoms with E-state index >= 15 is 0 Å². The van der Waals surface area contributed by atoms with Crippen molar-refractivity contribution in [1.82, 2.24) is 0 Å². The highest BCUT2D eigenvalue weighted by molar-refractivity contribution is 5.95. The van der Waals surface area contributed by atoms with Crippen LogP contribution in [0.2, 0.25) is 0 Å². The Morgan fingerprint density at radius 2 is 1.58 bits per heavy atom. The predicted molar refractivity (Wildman–Crippen MR) is 103 cm³/mol. The van der Waals surface area contributed by atoms with E-state index < -0.39 is 0 Å². The lowest BCUT2D eigenvalue weighted by molar-refractivity contribution is -0.683. The molecule has 0 saturated carbocycles. The van der Waals surface area contributed by atoms with Crippen molar-refractivity contribution in [3.63, 3.8) is 0 Å². The summed E-state index contributed by atoms with van der Waals surface area (Å²) in [4.78, 5) is 14.5. The number of pyridine rings is 1. The zero-order valence-electron chi connectivity index (χ0n) is 15.1. The third-order valence-electron chi connectivity index (χ3n) is 4.14. The number of hydrogen-bond acceptors (Lipinski definition) is 3. The Kier molecular flexibility index (Phi) is 5.64. The molecule has 0 spiro atoms. The summed E-state index contributed by atoms with van der Waals surface area (Å²) in [6, 6.07) is 21.3. The van der Waals surface area contributed by atoms with Crippen molar-refractivity contribution in [3.8, 4) is 5.75 Å². The first-order valence-electron chi connectivity index (χ1n) is 8.58. The van der Waals surface area contributed by atoms with Crippen molar-refractivity contribution < 1.29 is 14.1 Å². The topological polar surface area (TPSA) is 33.4 Å². The quantitative estimate of drug-likeness (QED) is 0.484. The summed E-state index contributed by atoms with van der Waals surface area (Å²) in [7, 11) is 3.98. The van der Waals surface area contributed by atoms with Crippen LogP contribution in [0.25, 0.3) is 0 Å². The van der Waals surface area contributed by atoms with Crippen molar-refractivity contribution in [2.24, 2.45) is 0 Å². The fourth-order valence-corrected chi connectivity index (χ4v) is 2.59. The van der Waals surface area contributed by atoms with Crippen molar-refractivity contribution in [2.75, 3.05) is 19.0 Å². The number of hydrogen-bond donors (Lipinski definition) is 0. The second-order valence-electron chi connectivity index (χ2n) is 6.34. The smallest absolute Gasteiger partial charge is 0.227 e. The second-order valence-corrected chi connectivity index (χ2v) is 6.34. The van der Waals surface area contributed by atoms with Gasteiger partial charge >= 0.3 is 0 Å². The van der Waals surface area contributed by atoms with E-state index in [1.165, 1.54) is 0 Å². The molecule has 1 aromatic heterocycles. The molecular formula is C22H23N2O2+. The van der Waals surface area contributed by atoms with Crippen LogP contribution in [0, 0.1) is 0 Å². The van der Waals surface area contributed by atoms with E-state index in [-0.39, 0.29) is 5.78 Å². The first kappa shape index (κ1) is 17.7. The first-order valence-corrected chi connectivity index (χ1v) is 8.58. The van der Waals surface area contributed by atoms with Gasteiger partial charge in [-0.2, -0.15) is 4.57 Å². The fourth-order valence-electron chi connectivity index (χ4n) is 2.59. The van der Waals surface area contributed by atoms with Crippen LogP contribution in [0.15, 0.2) is 79.1 Å². The average molecular weight is 347 g/mol. The Balaban J connectivity index is 1.58. The largest absolute Gasteiger partial charge is 0.489 e. The molecule has 0 aliphatic heterocycles. The van der Waals surface area contributed by atoms with Gasteiger partial charge in [0.05, 0.1) is 0 Å². The maximum atomic E-state index is 12.5. The molecule has 132 valence electrons. The maximum absolute atomic E-state index is 12.5. The summed E-state index contributed by atoms with van der Waals surface area (Å²) >= 11 is 0. The molecule has 0 bridgehead atoms. The van der Waals surface area contributed by atoms with Gasteiger partial charge in [0.1, 0.15) is 12.4 Å². The molecule has 3 aromatic rings. The van der Waals surface area contributed by atoms with Crippen molar-refractivity contribution >= 4 is 11.5 Å². The van der Waals surface area contributed by atoms with Crippen molar-refractivity contribution in [1.29, 1.82) is 0 Å². The van der Waals surface area contributed by atoms with Gasteiger partial charge in [-0.25, -0.2) is 0 Å². The minimum Gasteiger partial charge on any atom is -0.489 e. The summed E-state index contributed by atoms with van der Waals surface area (Å²) in [5.74, 6) is 0.829. The standard InChI is InChI=1S/C22H23N2O2/c1-23(2)20-12-14-24(15-13-20)16-22(25)19-8-10-21(11-9-19)26-17-18-6-4-3-5-7-18/h3-15H,16-17H2,1-2H3/q+1. The Morgan fingerprint density at radius 3 is 2.19 bits per heavy atom. The van der Waals surface area contributed by atoms with Gasteiger partial charge in [-0.05, 0) is 29.8 Å². The Bertz CT molecular complexity index is 842. The number of anilines is 1. The van der Waals surface area contributed by atoms with Crippen LogP contribution in [0.5, 0.6) is 5.75 Å². The van der Waals surface area contributed by atoms with E-state index in [0.29, 0.717) is 18.7 Å². The third-order valence-corrected chi connectivity index (χ3v) is 4.14. The van der Waals surface area contributed by atoms with Crippen LogP contribution in [-0.4, -0.2) is 19.9 Å². The molecule has 0 radical (unpaired) electrons. The number of rotatable bonds is 7. The van der Waals surface area contributed by atoms with E-state index in [0.717, 1.165) is 17.0 Å². The molecule has 26 heavy (non-hydrogen) atoms. The lowest BCUT2D eigenvalue weighted by atomic mass is 10.1. The molecule has 0 fully saturated rings. The molecule has 0 atom stereocenters. The van der Waals surface area contributed by atoms with Crippen LogP contribution in [0.4, 0.5) is 5.69 Å². The average Bonchev–Trinajstić information content (AvgIpc) is 2.68. The normalized spacial score (nSPS) is 10.4. The Hall–Kier alpha value is -3.14. The van der Waals surface area contributed by atoms with Gasteiger partial charge in [0.2, 0.25) is 12.3 Å². The molecule has 4 nitrogen and oxygen atoms in total. The fraction of sp³-hybridized carbons (Fsp3) is 0.182. The molecule has 2 aromatic carbocycles. The summed E-state index contributed by atoms with van der Waals surface area (Å²) in [6.45, 7) is 0.833. The molecule has 0 N–H and O–H groups in total. The van der Waals surface area contributed by atoms with E-state index in [1.54, 1.807) is 0 Å². The summed E-state index contributed by atoms with van der Waals surface area (Å²) in [5.41, 5.74) is 2.90. The summed E-state index contributed by atoms with van der Waals surface area (Å²) < 4.78 is 7.64. The number of ketones is 1. The Labute approximate surface area is 154 Å². The van der Waals surface area contributed by atoms with Gasteiger partial charge in [-0.1, -0.05) is 30.3 Å². The Morgan fingerprint density at radius 1 is 0.923 bits per heavy atom. The lowest BCUT2D eigenvalue weighted by Crippen LogP contribution is -2.37. The number of aromatic nitrogens is 1. The van der Waals surface area contributed by atoms with Gasteiger partial charge in [-0.3, -0.25) is 4.79 Å². The lowest BCUT2D eigenvalue weighted by Gasteiger charge is -2.10. The van der Waals surface area contributed by atoms with Gasteiger partial charge < -0.3 is 9.64 Å². The monoisotopic (exact) mass is 347 g/mol. The molecule has 0 saturated heterocycles. The van der Waals surface area contributed by atoms with Crippen LogP contribution < -0.4 is 14.2 Å². The minimum absolute atomic E-state index is 0.0715. The number of nitrogens with zero attached hydrogens (tertiary/aromatic N) is 2. The highest BCUT2D eigenvalue weighted by atomic mass is 16.5. The van der Waals surface area contributed by atoms with E-state index in [4.69, 9.17) is 4.74 Å². The number of carbonyl (C=O) groups is 1. The van der Waals surface area contributed by atoms with Crippen LogP contribution >= 0.6 is 0 Å². The SMILES string of the molecule is CN(C)c1cc[n+](CC(=O)c2ccc(OCc3ccccc3)cc2)cc1. The van der Waals surface area contributed by atoms with Crippen LogP contribution in [-0.2, 0) is 13.2 Å². The zero-order chi connectivity index (χ0) is 18.4. The van der Waals surface area contributed by atoms with Gasteiger partial charge in [0.15, 0.2) is 12.4 Å². The number of Topliss-reactive ketones (excluding diaryl/α,β-unsaturated/α-hetero) is 1. The molecule has 1 heterocycles. The van der Waals surface area contributed by atoms with Crippen molar-refractivity contribution in [3.05, 3.63) is 90.3 Å². The molecule has 3 rings (SSSR count). The van der Waals surface area contributed by atoms with Gasteiger partial charge in [-0.15, -0.1) is 0 Å². The maximum Gasteiger partial charge on any atom is 0.227 e. The van der Waals surface area contributed by atoms with E-state index in [2.05, 4.69) is 0 Å². The number of carbonyl (C=O) groups excluding carboxylic acids is 1. The zero-order valence-corrected chi connectivity index (χ0v) is 15.1. The van der Waals surface area contributed by atoms with Gasteiger partial charge in [0.25, 0.3) is 0 Å². The second kappa shape index (κ2) is 8.30.